The van der Waals surface area contributed by atoms with Crippen molar-refractivity contribution in [3.63, 3.8) is 0 Å². The number of para-hydroxylation sites is 1. The number of hydrogen-bond donors (Lipinski definition) is 2. The van der Waals surface area contributed by atoms with Crippen LogP contribution in [0.15, 0.2) is 52.1 Å². The molecule has 2 rings (SSSR count). The molecule has 0 radical (unpaired) electrons. The summed E-state index contributed by atoms with van der Waals surface area (Å²) < 4.78 is 16.7. The van der Waals surface area contributed by atoms with Crippen molar-refractivity contribution in [1.29, 1.82) is 0 Å². The molecular weight excluding hydrogens is 356 g/mol. The largest absolute Gasteiger partial charge is 0.492 e. The zero-order valence-corrected chi connectivity index (χ0v) is 17.1. The molecular formula is C21H32N4O3. The number of likely N-dealkylation sites (N-methyl/N-ethyl adjacent to an activating group) is 1. The summed E-state index contributed by atoms with van der Waals surface area (Å²) in [5.41, 5.74) is 1.10. The average Bonchev–Trinajstić information content (AvgIpc) is 3.21. The van der Waals surface area contributed by atoms with Crippen LogP contribution in [0.2, 0.25) is 0 Å². The highest BCUT2D eigenvalue weighted by atomic mass is 16.5. The van der Waals surface area contributed by atoms with Gasteiger partial charge in [0.25, 0.3) is 0 Å². The van der Waals surface area contributed by atoms with E-state index in [1.807, 2.05) is 44.4 Å². The quantitative estimate of drug-likeness (QED) is 0.331. The molecule has 2 aromatic rings. The van der Waals surface area contributed by atoms with Crippen LogP contribution in [-0.2, 0) is 17.9 Å². The molecule has 1 aromatic carbocycles. The Morgan fingerprint density at radius 1 is 1.11 bits per heavy atom. The molecule has 0 fully saturated rings. The zero-order valence-electron chi connectivity index (χ0n) is 17.1. The summed E-state index contributed by atoms with van der Waals surface area (Å²) in [5.74, 6) is 2.50. The van der Waals surface area contributed by atoms with Crippen LogP contribution in [0.4, 0.5) is 0 Å². The number of benzene rings is 1. The minimum atomic E-state index is 0.505. The summed E-state index contributed by atoms with van der Waals surface area (Å²) in [5, 5.41) is 6.63. The topological polar surface area (TPSA) is 71.3 Å². The Kier molecular flexibility index (Phi) is 9.96. The van der Waals surface area contributed by atoms with E-state index in [0.717, 1.165) is 42.5 Å². The van der Waals surface area contributed by atoms with E-state index in [1.165, 1.54) is 0 Å². The van der Waals surface area contributed by atoms with E-state index >= 15 is 0 Å². The molecule has 0 aliphatic heterocycles. The number of ether oxygens (including phenoxy) is 2. The lowest BCUT2D eigenvalue weighted by molar-refractivity contribution is 0.105. The van der Waals surface area contributed by atoms with Gasteiger partial charge in [-0.1, -0.05) is 18.2 Å². The van der Waals surface area contributed by atoms with Gasteiger partial charge in [-0.25, -0.2) is 0 Å². The molecule has 7 nitrogen and oxygen atoms in total. The number of nitrogens with one attached hydrogen (secondary N) is 2. The predicted molar refractivity (Wildman–Crippen MR) is 112 cm³/mol. The van der Waals surface area contributed by atoms with Crippen LogP contribution in [0.5, 0.6) is 5.75 Å². The second-order valence-corrected chi connectivity index (χ2v) is 6.60. The number of furan rings is 1. The van der Waals surface area contributed by atoms with Crippen molar-refractivity contribution in [2.24, 2.45) is 4.99 Å². The van der Waals surface area contributed by atoms with Crippen molar-refractivity contribution in [2.45, 2.75) is 19.6 Å². The first-order valence-electron chi connectivity index (χ1n) is 9.59. The highest BCUT2D eigenvalue weighted by molar-refractivity contribution is 5.79. The molecule has 0 saturated heterocycles. The summed E-state index contributed by atoms with van der Waals surface area (Å²) in [6, 6.07) is 11.8. The zero-order chi connectivity index (χ0) is 20.0. The van der Waals surface area contributed by atoms with Crippen molar-refractivity contribution < 1.29 is 13.9 Å². The minimum absolute atomic E-state index is 0.505. The molecule has 0 spiro atoms. The standard InChI is InChI=1S/C21H32N4O3/c1-22-21(23-11-7-13-26-17-19-9-6-14-27-19)24-16-18-8-4-5-10-20(18)28-15-12-25(2)3/h4-6,8-10,14H,7,11-13,15-17H2,1-3H3,(H2,22,23,24). The van der Waals surface area contributed by atoms with Gasteiger partial charge in [-0.3, -0.25) is 4.99 Å². The van der Waals surface area contributed by atoms with E-state index in [0.29, 0.717) is 26.4 Å². The molecule has 0 atom stereocenters. The Morgan fingerprint density at radius 2 is 1.96 bits per heavy atom. The van der Waals surface area contributed by atoms with Crippen LogP contribution < -0.4 is 15.4 Å². The SMILES string of the molecule is CN=C(NCCCOCc1ccco1)NCc1ccccc1OCCN(C)C. The van der Waals surface area contributed by atoms with E-state index in [1.54, 1.807) is 13.3 Å². The number of nitrogens with zero attached hydrogens (tertiary/aromatic N) is 2. The molecule has 0 saturated carbocycles. The monoisotopic (exact) mass is 388 g/mol. The first kappa shape index (κ1) is 21.8. The smallest absolute Gasteiger partial charge is 0.191 e. The summed E-state index contributed by atoms with van der Waals surface area (Å²) in [4.78, 5) is 6.37. The Bertz CT molecular complexity index is 687. The maximum absolute atomic E-state index is 5.90. The van der Waals surface area contributed by atoms with E-state index in [9.17, 15) is 0 Å². The van der Waals surface area contributed by atoms with Crippen molar-refractivity contribution in [3.8, 4) is 5.75 Å². The van der Waals surface area contributed by atoms with Crippen molar-refractivity contribution in [3.05, 3.63) is 54.0 Å². The maximum Gasteiger partial charge on any atom is 0.191 e. The van der Waals surface area contributed by atoms with Gasteiger partial charge < -0.3 is 29.4 Å². The molecule has 0 unspecified atom stereocenters. The van der Waals surface area contributed by atoms with Crippen molar-refractivity contribution in [1.82, 2.24) is 15.5 Å². The second kappa shape index (κ2) is 12.8. The lowest BCUT2D eigenvalue weighted by Gasteiger charge is -2.16. The van der Waals surface area contributed by atoms with Crippen LogP contribution in [-0.4, -0.2) is 58.3 Å². The first-order chi connectivity index (χ1) is 13.7. The normalized spacial score (nSPS) is 11.6. The molecule has 0 bridgehead atoms. The van der Waals surface area contributed by atoms with Gasteiger partial charge in [0.2, 0.25) is 0 Å². The van der Waals surface area contributed by atoms with Crippen molar-refractivity contribution in [2.75, 3.05) is 47.4 Å². The first-order valence-corrected chi connectivity index (χ1v) is 9.59. The molecule has 28 heavy (non-hydrogen) atoms. The molecule has 1 heterocycles. The molecule has 0 aliphatic carbocycles. The van der Waals surface area contributed by atoms with Crippen LogP contribution in [0, 0.1) is 0 Å². The van der Waals surface area contributed by atoms with Gasteiger partial charge in [-0.05, 0) is 38.7 Å². The van der Waals surface area contributed by atoms with Gasteiger partial charge in [0.1, 0.15) is 24.7 Å². The Morgan fingerprint density at radius 3 is 2.71 bits per heavy atom. The summed E-state index contributed by atoms with van der Waals surface area (Å²) >= 11 is 0. The minimum Gasteiger partial charge on any atom is -0.492 e. The average molecular weight is 389 g/mol. The third-order valence-electron chi connectivity index (χ3n) is 4.02. The van der Waals surface area contributed by atoms with E-state index in [-0.39, 0.29) is 0 Å². The molecule has 0 amide bonds. The summed E-state index contributed by atoms with van der Waals surface area (Å²) in [7, 11) is 5.84. The van der Waals surface area contributed by atoms with Gasteiger partial charge >= 0.3 is 0 Å². The van der Waals surface area contributed by atoms with E-state index < -0.39 is 0 Å². The van der Waals surface area contributed by atoms with Crippen LogP contribution in [0.25, 0.3) is 0 Å². The third-order valence-corrected chi connectivity index (χ3v) is 4.02. The van der Waals surface area contributed by atoms with Gasteiger partial charge in [0.05, 0.1) is 6.26 Å². The molecule has 7 heteroatoms. The molecule has 1 aromatic heterocycles. The Hall–Kier alpha value is -2.51. The second-order valence-electron chi connectivity index (χ2n) is 6.60. The van der Waals surface area contributed by atoms with Gasteiger partial charge in [-0.2, -0.15) is 0 Å². The van der Waals surface area contributed by atoms with E-state index in [4.69, 9.17) is 13.9 Å². The highest BCUT2D eigenvalue weighted by Crippen LogP contribution is 2.17. The third kappa shape index (κ3) is 8.45. The van der Waals surface area contributed by atoms with Crippen LogP contribution in [0.3, 0.4) is 0 Å². The van der Waals surface area contributed by atoms with Gasteiger partial charge in [-0.15, -0.1) is 0 Å². The fourth-order valence-electron chi connectivity index (χ4n) is 2.48. The fraction of sp³-hybridized carbons (Fsp3) is 0.476. The lowest BCUT2D eigenvalue weighted by atomic mass is 10.2. The number of aliphatic imine (C=N–C) groups is 1. The van der Waals surface area contributed by atoms with Gasteiger partial charge in [0.15, 0.2) is 5.96 Å². The lowest BCUT2D eigenvalue weighted by Crippen LogP contribution is -2.37. The number of rotatable bonds is 12. The maximum atomic E-state index is 5.90. The predicted octanol–water partition coefficient (Wildman–Crippen LogP) is 2.49. The molecule has 154 valence electrons. The van der Waals surface area contributed by atoms with Crippen molar-refractivity contribution >= 4 is 5.96 Å². The van der Waals surface area contributed by atoms with Crippen LogP contribution >= 0.6 is 0 Å². The summed E-state index contributed by atoms with van der Waals surface area (Å²) in [6.07, 6.45) is 2.53. The van der Waals surface area contributed by atoms with Gasteiger partial charge in [0, 0.05) is 38.9 Å². The number of hydrogen-bond acceptors (Lipinski definition) is 5. The Balaban J connectivity index is 1.66. The summed E-state index contributed by atoms with van der Waals surface area (Å²) in [6.45, 7) is 4.13. The van der Waals surface area contributed by atoms with E-state index in [2.05, 4.69) is 26.6 Å². The molecule has 2 N–H and O–H groups in total. The Labute approximate surface area is 167 Å². The highest BCUT2D eigenvalue weighted by Gasteiger charge is 2.05. The molecule has 0 aliphatic rings. The van der Waals surface area contributed by atoms with Crippen LogP contribution in [0.1, 0.15) is 17.7 Å². The fourth-order valence-corrected chi connectivity index (χ4v) is 2.48. The number of guanidine groups is 1.